The summed E-state index contributed by atoms with van der Waals surface area (Å²) in [4.78, 5) is 45.5. The number of nitrogens with zero attached hydrogens (tertiary/aromatic N) is 1. The quantitative estimate of drug-likeness (QED) is 0.370. The molecule has 0 bridgehead atoms. The van der Waals surface area contributed by atoms with Gasteiger partial charge in [-0.2, -0.15) is 0 Å². The molecule has 1 saturated heterocycles. The summed E-state index contributed by atoms with van der Waals surface area (Å²) in [6.45, 7) is 5.65. The van der Waals surface area contributed by atoms with Gasteiger partial charge in [0.05, 0.1) is 19.2 Å². The Morgan fingerprint density at radius 2 is 1.58 bits per heavy atom. The second-order valence-corrected chi connectivity index (χ2v) is 11.7. The first-order valence-electron chi connectivity index (χ1n) is 12.7. The molecule has 0 unspecified atom stereocenters. The molecule has 1 spiro atoms. The fourth-order valence-corrected chi connectivity index (χ4v) is 6.76. The third-order valence-corrected chi connectivity index (χ3v) is 8.48. The van der Waals surface area contributed by atoms with Crippen molar-refractivity contribution in [2.45, 2.75) is 38.8 Å². The molecule has 5 nitrogen and oxygen atoms in total. The minimum absolute atomic E-state index is 0.0343. The van der Waals surface area contributed by atoms with E-state index in [0.717, 1.165) is 16.8 Å². The average Bonchev–Trinajstić information content (AvgIpc) is 3.33. The van der Waals surface area contributed by atoms with E-state index in [1.54, 1.807) is 37.4 Å². The van der Waals surface area contributed by atoms with Crippen LogP contribution in [0.2, 0.25) is 5.02 Å². The van der Waals surface area contributed by atoms with E-state index in [1.165, 1.54) is 0 Å². The first-order valence-corrected chi connectivity index (χ1v) is 13.1. The Labute approximate surface area is 227 Å². The number of carbonyl (C=O) groups excluding carboxylic acids is 3. The Balaban J connectivity index is 1.69. The lowest BCUT2D eigenvalue weighted by Crippen LogP contribution is -2.49. The van der Waals surface area contributed by atoms with Gasteiger partial charge in [-0.3, -0.25) is 14.4 Å². The van der Waals surface area contributed by atoms with E-state index in [2.05, 4.69) is 0 Å². The Morgan fingerprint density at radius 3 is 2.16 bits per heavy atom. The molecule has 2 aliphatic heterocycles. The van der Waals surface area contributed by atoms with Crippen molar-refractivity contribution in [1.82, 2.24) is 0 Å². The Bertz CT molecular complexity index is 1500. The molecule has 6 rings (SSSR count). The molecular weight excluding hydrogens is 498 g/mol. The van der Waals surface area contributed by atoms with Gasteiger partial charge in [0, 0.05) is 33.2 Å². The topological polar surface area (TPSA) is 63.7 Å². The lowest BCUT2D eigenvalue weighted by Gasteiger charge is -2.38. The molecule has 0 radical (unpaired) electrons. The van der Waals surface area contributed by atoms with Crippen LogP contribution in [0, 0.1) is 10.8 Å². The number of methoxy groups -OCH3 is 1. The fourth-order valence-electron chi connectivity index (χ4n) is 6.58. The van der Waals surface area contributed by atoms with Crippen molar-refractivity contribution in [2.24, 2.45) is 10.8 Å². The van der Waals surface area contributed by atoms with Crippen molar-refractivity contribution in [3.05, 3.63) is 100 Å². The number of halogens is 1. The van der Waals surface area contributed by atoms with Gasteiger partial charge < -0.3 is 9.64 Å². The minimum atomic E-state index is -1.50. The first kappa shape index (κ1) is 24.6. The number of ether oxygens (including phenoxy) is 1. The molecule has 3 aromatic carbocycles. The van der Waals surface area contributed by atoms with Crippen molar-refractivity contribution >= 4 is 40.7 Å². The van der Waals surface area contributed by atoms with E-state index in [0.29, 0.717) is 21.9 Å². The highest BCUT2D eigenvalue weighted by molar-refractivity contribution is 6.32. The molecule has 0 saturated carbocycles. The molecule has 1 aliphatic carbocycles. The summed E-state index contributed by atoms with van der Waals surface area (Å²) in [5.41, 5.74) is 0.985. The van der Waals surface area contributed by atoms with E-state index < -0.39 is 28.8 Å². The van der Waals surface area contributed by atoms with E-state index in [1.807, 2.05) is 74.2 Å². The van der Waals surface area contributed by atoms with E-state index in [-0.39, 0.29) is 17.3 Å². The molecule has 3 aliphatic rings. The molecular formula is C32H28ClNO4. The van der Waals surface area contributed by atoms with Crippen LogP contribution >= 0.6 is 11.6 Å². The van der Waals surface area contributed by atoms with Gasteiger partial charge in [-0.1, -0.05) is 80.9 Å². The van der Waals surface area contributed by atoms with Crippen LogP contribution in [0.4, 0.5) is 5.69 Å². The molecule has 192 valence electrons. The van der Waals surface area contributed by atoms with Gasteiger partial charge >= 0.3 is 0 Å². The predicted octanol–water partition coefficient (Wildman–Crippen LogP) is 6.40. The first-order chi connectivity index (χ1) is 18.1. The molecule has 6 heteroatoms. The van der Waals surface area contributed by atoms with Gasteiger partial charge in [0.2, 0.25) is 0 Å². The zero-order chi connectivity index (χ0) is 27.0. The summed E-state index contributed by atoms with van der Waals surface area (Å²) < 4.78 is 5.39. The summed E-state index contributed by atoms with van der Waals surface area (Å²) in [7, 11) is 1.59. The second-order valence-electron chi connectivity index (χ2n) is 11.3. The minimum Gasteiger partial charge on any atom is -0.497 e. The number of hydrogen-bond donors (Lipinski definition) is 0. The number of ketones is 3. The standard InChI is InChI=1S/C32H28ClNO4/c1-31(2,3)30(37)27-26(18-9-13-21(38-4)14-10-18)32(28(35)22-7-5-6-8-23(22)29(32)36)25-16-11-19-17-20(33)12-15-24(19)34(25)27/h5-17,25-27H,1-4H3/t25-,26+,27-/m1/s1. The average molecular weight is 526 g/mol. The van der Waals surface area contributed by atoms with Crippen molar-refractivity contribution in [3.8, 4) is 5.75 Å². The number of fused-ring (bicyclic) bond motifs is 5. The molecule has 2 heterocycles. The van der Waals surface area contributed by atoms with Gasteiger partial charge in [0.15, 0.2) is 17.3 Å². The highest BCUT2D eigenvalue weighted by Crippen LogP contribution is 2.61. The van der Waals surface area contributed by atoms with Crippen LogP contribution in [-0.4, -0.2) is 36.5 Å². The fraction of sp³-hybridized carbons (Fsp3) is 0.281. The second kappa shape index (κ2) is 8.40. The van der Waals surface area contributed by atoms with Crippen molar-refractivity contribution < 1.29 is 19.1 Å². The Morgan fingerprint density at radius 1 is 0.947 bits per heavy atom. The largest absolute Gasteiger partial charge is 0.497 e. The SMILES string of the molecule is COc1ccc([C@H]2[C@H](C(=O)C(C)(C)C)N3c4ccc(Cl)cc4C=C[C@@H]3C23C(=O)c2ccccc2C3=O)cc1. The van der Waals surface area contributed by atoms with Crippen LogP contribution in [-0.2, 0) is 4.79 Å². The highest BCUT2D eigenvalue weighted by Gasteiger charge is 2.71. The lowest BCUT2D eigenvalue weighted by molar-refractivity contribution is -0.127. The van der Waals surface area contributed by atoms with Crippen molar-refractivity contribution in [3.63, 3.8) is 0 Å². The van der Waals surface area contributed by atoms with Crippen LogP contribution in [0.1, 0.15) is 58.5 Å². The number of carbonyl (C=O) groups is 3. The highest BCUT2D eigenvalue weighted by atomic mass is 35.5. The molecule has 3 atom stereocenters. The molecule has 0 amide bonds. The van der Waals surface area contributed by atoms with Crippen molar-refractivity contribution in [1.29, 1.82) is 0 Å². The van der Waals surface area contributed by atoms with Crippen LogP contribution in [0.15, 0.2) is 72.8 Å². The zero-order valence-corrected chi connectivity index (χ0v) is 22.5. The maximum atomic E-state index is 14.5. The monoisotopic (exact) mass is 525 g/mol. The van der Waals surface area contributed by atoms with Crippen LogP contribution in [0.3, 0.4) is 0 Å². The number of Topliss-reactive ketones (excluding diaryl/α,β-unsaturated/α-hetero) is 3. The maximum Gasteiger partial charge on any atom is 0.180 e. The summed E-state index contributed by atoms with van der Waals surface area (Å²) in [5, 5.41) is 0.576. The maximum absolute atomic E-state index is 14.5. The summed E-state index contributed by atoms with van der Waals surface area (Å²) in [6, 6.07) is 18.5. The number of rotatable bonds is 3. The Kier molecular flexibility index (Phi) is 5.45. The van der Waals surface area contributed by atoms with Crippen LogP contribution in [0.25, 0.3) is 6.08 Å². The predicted molar refractivity (Wildman–Crippen MR) is 148 cm³/mol. The van der Waals surface area contributed by atoms with Crippen molar-refractivity contribution in [2.75, 3.05) is 12.0 Å². The van der Waals surface area contributed by atoms with E-state index in [4.69, 9.17) is 16.3 Å². The summed E-state index contributed by atoms with van der Waals surface area (Å²) in [6.07, 6.45) is 3.83. The molecule has 0 N–H and O–H groups in total. The smallest absolute Gasteiger partial charge is 0.180 e. The summed E-state index contributed by atoms with van der Waals surface area (Å²) >= 11 is 6.33. The molecule has 1 fully saturated rings. The molecule has 3 aromatic rings. The normalized spacial score (nSPS) is 22.9. The van der Waals surface area contributed by atoms with Gasteiger partial charge in [-0.25, -0.2) is 0 Å². The van der Waals surface area contributed by atoms with Crippen LogP contribution < -0.4 is 9.64 Å². The third-order valence-electron chi connectivity index (χ3n) is 8.25. The zero-order valence-electron chi connectivity index (χ0n) is 21.7. The summed E-state index contributed by atoms with van der Waals surface area (Å²) in [5.74, 6) is -0.568. The Hall–Kier alpha value is -3.70. The van der Waals surface area contributed by atoms with E-state index in [9.17, 15) is 14.4 Å². The number of anilines is 1. The number of benzene rings is 3. The van der Waals surface area contributed by atoms with E-state index >= 15 is 0 Å². The number of hydrogen-bond acceptors (Lipinski definition) is 5. The van der Waals surface area contributed by atoms with Gasteiger partial charge in [-0.15, -0.1) is 0 Å². The lowest BCUT2D eigenvalue weighted by atomic mass is 9.63. The van der Waals surface area contributed by atoms with Crippen LogP contribution in [0.5, 0.6) is 5.75 Å². The van der Waals surface area contributed by atoms with Gasteiger partial charge in [0.1, 0.15) is 11.2 Å². The molecule has 0 aromatic heterocycles. The van der Waals surface area contributed by atoms with Gasteiger partial charge in [-0.05, 0) is 41.5 Å². The van der Waals surface area contributed by atoms with Gasteiger partial charge in [0.25, 0.3) is 0 Å². The molecule has 38 heavy (non-hydrogen) atoms. The third kappa shape index (κ3) is 3.21.